The summed E-state index contributed by atoms with van der Waals surface area (Å²) in [5.41, 5.74) is 7.61. The van der Waals surface area contributed by atoms with E-state index in [1.54, 1.807) is 18.3 Å². The highest BCUT2D eigenvalue weighted by Crippen LogP contribution is 2.36. The maximum Gasteiger partial charge on any atom is 0.319 e. The average Bonchev–Trinajstić information content (AvgIpc) is 3.50. The molecular formula is C28H31FN8O. The number of fused-ring (bicyclic) bond motifs is 4. The van der Waals surface area contributed by atoms with Crippen molar-refractivity contribution in [2.45, 2.75) is 43.8 Å². The van der Waals surface area contributed by atoms with Crippen LogP contribution >= 0.6 is 0 Å². The summed E-state index contributed by atoms with van der Waals surface area (Å²) in [6, 6.07) is 10.4. The van der Waals surface area contributed by atoms with Crippen molar-refractivity contribution in [3.63, 3.8) is 0 Å². The molecule has 3 saturated heterocycles. The van der Waals surface area contributed by atoms with Crippen LogP contribution in [0.4, 0.5) is 16.0 Å². The molecule has 38 heavy (non-hydrogen) atoms. The highest BCUT2D eigenvalue weighted by molar-refractivity contribution is 5.98. The largest absolute Gasteiger partial charge is 0.462 e. The zero-order valence-corrected chi connectivity index (χ0v) is 21.4. The van der Waals surface area contributed by atoms with E-state index in [1.807, 2.05) is 18.2 Å². The number of hydrogen-bond acceptors (Lipinski definition) is 9. The van der Waals surface area contributed by atoms with Gasteiger partial charge in [-0.1, -0.05) is 6.07 Å². The van der Waals surface area contributed by atoms with Gasteiger partial charge < -0.3 is 25.6 Å². The van der Waals surface area contributed by atoms with E-state index in [1.165, 1.54) is 0 Å². The SMILES string of the molecule is CN1CCC[C@H]1COc1nc(N2CC3CCC(C2)N3)c2ccc(-c3nc(N)cc4cccnc34)c(F)c2n1. The van der Waals surface area contributed by atoms with Gasteiger partial charge in [-0.3, -0.25) is 4.98 Å². The summed E-state index contributed by atoms with van der Waals surface area (Å²) in [6.07, 6.45) is 6.17. The molecule has 6 heterocycles. The highest BCUT2D eigenvalue weighted by Gasteiger charge is 2.34. The number of hydrogen-bond donors (Lipinski definition) is 2. The zero-order chi connectivity index (χ0) is 25.8. The van der Waals surface area contributed by atoms with Crippen LogP contribution in [0, 0.1) is 5.82 Å². The van der Waals surface area contributed by atoms with E-state index in [0.29, 0.717) is 52.7 Å². The first-order chi connectivity index (χ1) is 18.5. The van der Waals surface area contributed by atoms with E-state index in [2.05, 4.69) is 37.1 Å². The predicted octanol–water partition coefficient (Wildman–Crippen LogP) is 3.37. The van der Waals surface area contributed by atoms with Gasteiger partial charge in [0.15, 0.2) is 5.82 Å². The number of anilines is 2. The monoisotopic (exact) mass is 514 g/mol. The van der Waals surface area contributed by atoms with E-state index in [4.69, 9.17) is 15.5 Å². The maximum absolute atomic E-state index is 16.4. The van der Waals surface area contributed by atoms with E-state index < -0.39 is 5.82 Å². The molecule has 1 aromatic carbocycles. The number of piperazine rings is 1. The van der Waals surface area contributed by atoms with Crippen molar-refractivity contribution in [1.82, 2.24) is 30.2 Å². The van der Waals surface area contributed by atoms with Gasteiger partial charge in [0.1, 0.15) is 29.5 Å². The van der Waals surface area contributed by atoms with Crippen molar-refractivity contribution in [3.8, 4) is 17.3 Å². The van der Waals surface area contributed by atoms with Crippen LogP contribution in [-0.4, -0.2) is 76.3 Å². The minimum atomic E-state index is -0.475. The quantitative estimate of drug-likeness (QED) is 0.415. The molecule has 0 spiro atoms. The van der Waals surface area contributed by atoms with E-state index in [0.717, 1.165) is 56.5 Å². The number of likely N-dealkylation sites (tertiary alicyclic amines) is 1. The third-order valence-electron chi connectivity index (χ3n) is 8.22. The molecule has 0 saturated carbocycles. The molecule has 196 valence electrons. The molecule has 2 unspecified atom stereocenters. The Kier molecular flexibility index (Phi) is 5.74. The Hall–Kier alpha value is -3.63. The van der Waals surface area contributed by atoms with Crippen LogP contribution in [0.25, 0.3) is 33.1 Å². The van der Waals surface area contributed by atoms with E-state index in [9.17, 15) is 0 Å². The van der Waals surface area contributed by atoms with Crippen molar-refractivity contribution in [3.05, 3.63) is 42.3 Å². The lowest BCUT2D eigenvalue weighted by molar-refractivity contribution is 0.188. The summed E-state index contributed by atoms with van der Waals surface area (Å²) in [6.45, 7) is 3.17. The molecular weight excluding hydrogens is 483 g/mol. The fraction of sp³-hybridized carbons (Fsp3) is 0.429. The Bertz CT molecular complexity index is 1520. The van der Waals surface area contributed by atoms with Gasteiger partial charge in [0.25, 0.3) is 0 Å². The van der Waals surface area contributed by atoms with E-state index in [-0.39, 0.29) is 11.5 Å². The second kappa shape index (κ2) is 9.28. The minimum Gasteiger partial charge on any atom is -0.462 e. The molecule has 3 aliphatic heterocycles. The molecule has 0 aliphatic carbocycles. The molecule has 7 rings (SSSR count). The Morgan fingerprint density at radius 3 is 2.71 bits per heavy atom. The number of halogens is 1. The number of likely N-dealkylation sites (N-methyl/N-ethyl adjacent to an activating group) is 1. The molecule has 4 aromatic rings. The molecule has 3 atom stereocenters. The Morgan fingerprint density at radius 2 is 1.92 bits per heavy atom. The first-order valence-electron chi connectivity index (χ1n) is 13.4. The first-order valence-corrected chi connectivity index (χ1v) is 13.4. The summed E-state index contributed by atoms with van der Waals surface area (Å²) >= 11 is 0. The molecule has 0 radical (unpaired) electrons. The van der Waals surface area contributed by atoms with Crippen LogP contribution in [0.1, 0.15) is 25.7 Å². The lowest BCUT2D eigenvalue weighted by atomic mass is 10.0. The van der Waals surface area contributed by atoms with Crippen LogP contribution in [0.5, 0.6) is 6.01 Å². The zero-order valence-electron chi connectivity index (χ0n) is 21.4. The summed E-state index contributed by atoms with van der Waals surface area (Å²) in [7, 11) is 2.10. The third kappa shape index (κ3) is 4.08. The number of benzene rings is 1. The second-order valence-corrected chi connectivity index (χ2v) is 10.8. The number of nitrogens with one attached hydrogen (secondary N) is 1. The number of nitrogens with two attached hydrogens (primary N) is 1. The van der Waals surface area contributed by atoms with Gasteiger partial charge in [-0.05, 0) is 63.5 Å². The summed E-state index contributed by atoms with van der Waals surface area (Å²) in [5, 5.41) is 5.13. The lowest BCUT2D eigenvalue weighted by Gasteiger charge is -2.34. The van der Waals surface area contributed by atoms with Crippen molar-refractivity contribution in [2.24, 2.45) is 0 Å². The summed E-state index contributed by atoms with van der Waals surface area (Å²) in [5.74, 6) is 0.554. The number of nitrogens with zero attached hydrogens (tertiary/aromatic N) is 6. The van der Waals surface area contributed by atoms with Gasteiger partial charge in [-0.25, -0.2) is 9.37 Å². The number of rotatable bonds is 5. The molecule has 0 amide bonds. The number of ether oxygens (including phenoxy) is 1. The molecule has 9 nitrogen and oxygen atoms in total. The Labute approximate surface area is 220 Å². The molecule has 3 aliphatic rings. The van der Waals surface area contributed by atoms with Crippen LogP contribution in [0.15, 0.2) is 36.5 Å². The van der Waals surface area contributed by atoms with Gasteiger partial charge in [-0.2, -0.15) is 9.97 Å². The van der Waals surface area contributed by atoms with Crippen molar-refractivity contribution in [1.29, 1.82) is 0 Å². The molecule has 2 bridgehead atoms. The van der Waals surface area contributed by atoms with Gasteiger partial charge in [0, 0.05) is 53.7 Å². The molecule has 3 aromatic heterocycles. The van der Waals surface area contributed by atoms with Crippen LogP contribution in [-0.2, 0) is 0 Å². The van der Waals surface area contributed by atoms with Crippen LogP contribution in [0.3, 0.4) is 0 Å². The maximum atomic E-state index is 16.4. The number of pyridine rings is 2. The lowest BCUT2D eigenvalue weighted by Crippen LogP contribution is -2.51. The van der Waals surface area contributed by atoms with Crippen molar-refractivity contribution < 1.29 is 9.13 Å². The van der Waals surface area contributed by atoms with Crippen LogP contribution < -0.4 is 20.7 Å². The topological polar surface area (TPSA) is 105 Å². The van der Waals surface area contributed by atoms with Crippen molar-refractivity contribution in [2.75, 3.05) is 43.9 Å². The normalized spacial score (nSPS) is 23.5. The Morgan fingerprint density at radius 1 is 1.08 bits per heavy atom. The predicted molar refractivity (Wildman–Crippen MR) is 146 cm³/mol. The van der Waals surface area contributed by atoms with Crippen molar-refractivity contribution >= 4 is 33.4 Å². The third-order valence-corrected chi connectivity index (χ3v) is 8.22. The molecule has 3 fully saturated rings. The fourth-order valence-electron chi connectivity index (χ4n) is 6.24. The number of aromatic nitrogens is 4. The van der Waals surface area contributed by atoms with Gasteiger partial charge in [-0.15, -0.1) is 0 Å². The van der Waals surface area contributed by atoms with Gasteiger partial charge in [0.2, 0.25) is 0 Å². The average molecular weight is 515 g/mol. The number of nitrogen functional groups attached to an aromatic ring is 1. The summed E-state index contributed by atoms with van der Waals surface area (Å²) in [4.78, 5) is 22.9. The minimum absolute atomic E-state index is 0.207. The van der Waals surface area contributed by atoms with E-state index >= 15 is 4.39 Å². The smallest absolute Gasteiger partial charge is 0.319 e. The van der Waals surface area contributed by atoms with Crippen LogP contribution in [0.2, 0.25) is 0 Å². The first kappa shape index (κ1) is 23.5. The summed E-state index contributed by atoms with van der Waals surface area (Å²) < 4.78 is 22.6. The molecule has 3 N–H and O–H groups in total. The Balaban J connectivity index is 1.36. The van der Waals surface area contributed by atoms with Gasteiger partial charge in [0.05, 0.1) is 5.52 Å². The second-order valence-electron chi connectivity index (χ2n) is 10.8. The fourth-order valence-corrected chi connectivity index (χ4v) is 6.24. The standard InChI is InChI=1S/C28H31FN8O/c1-36-11-3-5-19(36)15-38-28-34-25-21(27(35-28)37-13-17-6-7-18(14-37)32-17)9-8-20(23(25)29)26-24-16(4-2-10-31-24)12-22(30)33-26/h2,4,8-10,12,17-19,32H,3,5-7,11,13-15H2,1H3,(H2,30,33)/t17?,18?,19-/m0/s1. The van der Waals surface area contributed by atoms with Gasteiger partial charge >= 0.3 is 6.01 Å². The molecule has 10 heteroatoms. The highest BCUT2D eigenvalue weighted by atomic mass is 19.1.